The van der Waals surface area contributed by atoms with Crippen molar-refractivity contribution in [2.24, 2.45) is 0 Å². The summed E-state index contributed by atoms with van der Waals surface area (Å²) in [4.78, 5) is 0. The fraction of sp³-hybridized carbons (Fsp3) is 0.600. The van der Waals surface area contributed by atoms with Gasteiger partial charge in [-0.2, -0.15) is 0 Å². The van der Waals surface area contributed by atoms with Gasteiger partial charge in [0, 0.05) is 0 Å². The Labute approximate surface area is 79.3 Å². The van der Waals surface area contributed by atoms with Gasteiger partial charge in [0.25, 0.3) is 0 Å². The Bertz CT molecular complexity index is 359. The summed E-state index contributed by atoms with van der Waals surface area (Å²) in [6, 6.07) is 0. The predicted molar refractivity (Wildman–Crippen MR) is 53.2 cm³/mol. The molecule has 2 rings (SSSR count). The molecule has 2 bridgehead atoms. The first-order valence-electron chi connectivity index (χ1n) is 4.53. The minimum absolute atomic E-state index is 0.634. The van der Waals surface area contributed by atoms with Gasteiger partial charge < -0.3 is 0 Å². The topological polar surface area (TPSA) is 34.1 Å². The molecule has 2 atom stereocenters. The smallest absolute Gasteiger partial charge is 0.168 e. The van der Waals surface area contributed by atoms with Gasteiger partial charge in [-0.15, -0.1) is 0 Å². The predicted octanol–water partition coefficient (Wildman–Crippen LogP) is 1.84. The van der Waals surface area contributed by atoms with Crippen molar-refractivity contribution in [1.82, 2.24) is 0 Å². The maximum absolute atomic E-state index is 12.1. The first kappa shape index (κ1) is 9.00. The molecule has 0 saturated carbocycles. The molecular formula is C10H14O2S. The van der Waals surface area contributed by atoms with E-state index < -0.39 is 19.3 Å². The lowest BCUT2D eigenvalue weighted by molar-refractivity contribution is 0.566. The second-order valence-electron chi connectivity index (χ2n) is 4.35. The Morgan fingerprint density at radius 2 is 1.38 bits per heavy atom. The standard InChI is InChI=1S/C10H14O2S/c1-9-5-3-4-6-10(2,8-7-9)13(9,11)12/h3-6H,7-8H2,1-2H3/t9-,10-/m1/s1. The molecule has 1 fully saturated rings. The molecule has 2 heterocycles. The first-order valence-corrected chi connectivity index (χ1v) is 6.01. The van der Waals surface area contributed by atoms with Crippen LogP contribution in [0.3, 0.4) is 0 Å². The minimum atomic E-state index is -3.04. The number of allylic oxidation sites excluding steroid dienone is 2. The minimum Gasteiger partial charge on any atom is -0.227 e. The summed E-state index contributed by atoms with van der Waals surface area (Å²) in [5, 5.41) is 0. The van der Waals surface area contributed by atoms with Crippen LogP contribution in [0.15, 0.2) is 24.3 Å². The third kappa shape index (κ3) is 0.909. The third-order valence-corrected chi connectivity index (χ3v) is 6.49. The van der Waals surface area contributed by atoms with Gasteiger partial charge in [0.2, 0.25) is 0 Å². The van der Waals surface area contributed by atoms with Crippen molar-refractivity contribution in [2.75, 3.05) is 0 Å². The molecule has 0 N–H and O–H groups in total. The summed E-state index contributed by atoms with van der Waals surface area (Å²) in [5.41, 5.74) is 0. The number of sulfone groups is 1. The van der Waals surface area contributed by atoms with Crippen LogP contribution in [0.1, 0.15) is 26.7 Å². The highest BCUT2D eigenvalue weighted by molar-refractivity contribution is 7.94. The van der Waals surface area contributed by atoms with Crippen LogP contribution in [0.25, 0.3) is 0 Å². The lowest BCUT2D eigenvalue weighted by Crippen LogP contribution is -2.37. The summed E-state index contributed by atoms with van der Waals surface area (Å²) in [5.74, 6) is 0. The maximum Gasteiger partial charge on any atom is 0.168 e. The fourth-order valence-corrected chi connectivity index (χ4v) is 4.48. The average Bonchev–Trinajstić information content (AvgIpc) is 2.15. The van der Waals surface area contributed by atoms with Gasteiger partial charge in [-0.05, 0) is 26.7 Å². The van der Waals surface area contributed by atoms with Crippen molar-refractivity contribution in [3.8, 4) is 0 Å². The molecular weight excluding hydrogens is 184 g/mol. The van der Waals surface area contributed by atoms with Gasteiger partial charge in [0.15, 0.2) is 9.84 Å². The molecule has 13 heavy (non-hydrogen) atoms. The molecule has 2 nitrogen and oxygen atoms in total. The SMILES string of the molecule is C[C@@]12C=CC=C[C@](C)(CC1)S2(=O)=O. The lowest BCUT2D eigenvalue weighted by atomic mass is 9.95. The summed E-state index contributed by atoms with van der Waals surface area (Å²) in [6.45, 7) is 3.63. The first-order chi connectivity index (χ1) is 5.91. The number of fused-ring (bicyclic) bond motifs is 2. The molecule has 0 unspecified atom stereocenters. The molecule has 0 spiro atoms. The molecule has 2 aliphatic heterocycles. The Balaban J connectivity index is 2.71. The molecule has 0 amide bonds. The zero-order chi connectivity index (χ0) is 9.74. The maximum atomic E-state index is 12.1. The van der Waals surface area contributed by atoms with Crippen molar-refractivity contribution in [1.29, 1.82) is 0 Å². The van der Waals surface area contributed by atoms with E-state index in [0.29, 0.717) is 0 Å². The van der Waals surface area contributed by atoms with E-state index in [4.69, 9.17) is 0 Å². The quantitative estimate of drug-likeness (QED) is 0.595. The van der Waals surface area contributed by atoms with Crippen LogP contribution in [-0.4, -0.2) is 17.9 Å². The van der Waals surface area contributed by atoms with Crippen molar-refractivity contribution < 1.29 is 8.42 Å². The van der Waals surface area contributed by atoms with E-state index in [1.165, 1.54) is 0 Å². The Kier molecular flexibility index (Phi) is 1.57. The van der Waals surface area contributed by atoms with Crippen LogP contribution in [0.4, 0.5) is 0 Å². The largest absolute Gasteiger partial charge is 0.227 e. The molecule has 0 aromatic carbocycles. The van der Waals surface area contributed by atoms with Crippen molar-refractivity contribution >= 4 is 9.84 Å². The monoisotopic (exact) mass is 198 g/mol. The van der Waals surface area contributed by atoms with E-state index in [1.807, 2.05) is 38.2 Å². The molecule has 0 aromatic heterocycles. The fourth-order valence-electron chi connectivity index (χ4n) is 2.16. The van der Waals surface area contributed by atoms with Crippen LogP contribution in [0.5, 0.6) is 0 Å². The second kappa shape index (κ2) is 2.27. The van der Waals surface area contributed by atoms with Crippen LogP contribution in [0.2, 0.25) is 0 Å². The zero-order valence-corrected chi connectivity index (χ0v) is 8.76. The molecule has 2 aliphatic rings. The summed E-state index contributed by atoms with van der Waals surface area (Å²) >= 11 is 0. The van der Waals surface area contributed by atoms with E-state index in [9.17, 15) is 8.42 Å². The normalized spacial score (nSPS) is 46.3. The molecule has 3 heteroatoms. The lowest BCUT2D eigenvalue weighted by Gasteiger charge is -2.23. The van der Waals surface area contributed by atoms with Gasteiger partial charge >= 0.3 is 0 Å². The van der Waals surface area contributed by atoms with Gasteiger partial charge in [0.05, 0.1) is 9.49 Å². The highest BCUT2D eigenvalue weighted by Crippen LogP contribution is 2.47. The van der Waals surface area contributed by atoms with E-state index in [-0.39, 0.29) is 0 Å². The van der Waals surface area contributed by atoms with E-state index in [0.717, 1.165) is 12.8 Å². The number of hydrogen-bond donors (Lipinski definition) is 0. The van der Waals surface area contributed by atoms with Gasteiger partial charge in [0.1, 0.15) is 0 Å². The van der Waals surface area contributed by atoms with E-state index >= 15 is 0 Å². The van der Waals surface area contributed by atoms with Crippen molar-refractivity contribution in [3.63, 3.8) is 0 Å². The number of rotatable bonds is 0. The summed E-state index contributed by atoms with van der Waals surface area (Å²) < 4.78 is 23.0. The number of hydrogen-bond acceptors (Lipinski definition) is 2. The van der Waals surface area contributed by atoms with Crippen LogP contribution in [-0.2, 0) is 9.84 Å². The van der Waals surface area contributed by atoms with Crippen molar-refractivity contribution in [3.05, 3.63) is 24.3 Å². The van der Waals surface area contributed by atoms with Crippen LogP contribution in [0, 0.1) is 0 Å². The van der Waals surface area contributed by atoms with Crippen LogP contribution < -0.4 is 0 Å². The Morgan fingerprint density at radius 1 is 1.00 bits per heavy atom. The molecule has 0 aliphatic carbocycles. The highest BCUT2D eigenvalue weighted by Gasteiger charge is 2.55. The Morgan fingerprint density at radius 3 is 1.77 bits per heavy atom. The average molecular weight is 198 g/mol. The highest BCUT2D eigenvalue weighted by atomic mass is 32.2. The van der Waals surface area contributed by atoms with Gasteiger partial charge in [-0.25, -0.2) is 8.42 Å². The zero-order valence-electron chi connectivity index (χ0n) is 7.95. The molecule has 1 saturated heterocycles. The van der Waals surface area contributed by atoms with Gasteiger partial charge in [-0.3, -0.25) is 0 Å². The van der Waals surface area contributed by atoms with Crippen LogP contribution >= 0.6 is 0 Å². The summed E-state index contributed by atoms with van der Waals surface area (Å²) in [7, 11) is -3.04. The molecule has 0 radical (unpaired) electrons. The summed E-state index contributed by atoms with van der Waals surface area (Å²) in [6.07, 6.45) is 8.82. The second-order valence-corrected chi connectivity index (χ2v) is 7.22. The van der Waals surface area contributed by atoms with E-state index in [1.54, 1.807) is 0 Å². The van der Waals surface area contributed by atoms with Gasteiger partial charge in [-0.1, -0.05) is 24.3 Å². The molecule has 0 aromatic rings. The van der Waals surface area contributed by atoms with Crippen molar-refractivity contribution in [2.45, 2.75) is 36.2 Å². The third-order valence-electron chi connectivity index (χ3n) is 3.35. The Hall–Kier alpha value is -0.570. The van der Waals surface area contributed by atoms with E-state index in [2.05, 4.69) is 0 Å². The molecule has 72 valence electrons.